The zero-order chi connectivity index (χ0) is 13.9. The molecule has 1 aromatic carbocycles. The number of aromatic nitrogens is 2. The molecule has 1 aliphatic rings. The fraction of sp³-hybridized carbons (Fsp3) is 0.375. The van der Waals surface area contributed by atoms with Gasteiger partial charge in [-0.1, -0.05) is 30.3 Å². The standard InChI is InChI=1S/C16H20N4/c1-13-12-15(14-6-4-3-5-7-14)16(18-17-13)20-10-8-19(2)9-11-20/h3-7,12H,8-11H2,1-2H3. The van der Waals surface area contributed by atoms with Gasteiger partial charge in [0, 0.05) is 31.7 Å². The van der Waals surface area contributed by atoms with Gasteiger partial charge in [-0.15, -0.1) is 5.10 Å². The quantitative estimate of drug-likeness (QED) is 0.836. The van der Waals surface area contributed by atoms with E-state index in [0.717, 1.165) is 37.7 Å². The fourth-order valence-corrected chi connectivity index (χ4v) is 2.56. The third-order valence-corrected chi connectivity index (χ3v) is 3.78. The summed E-state index contributed by atoms with van der Waals surface area (Å²) in [7, 11) is 2.16. The number of hydrogen-bond acceptors (Lipinski definition) is 4. The molecule has 0 atom stereocenters. The zero-order valence-corrected chi connectivity index (χ0v) is 12.1. The van der Waals surface area contributed by atoms with Crippen molar-refractivity contribution in [1.82, 2.24) is 15.1 Å². The molecule has 0 saturated carbocycles. The van der Waals surface area contributed by atoms with Crippen LogP contribution in [0.5, 0.6) is 0 Å². The first-order chi connectivity index (χ1) is 9.74. The second kappa shape index (κ2) is 5.59. The lowest BCUT2D eigenvalue weighted by atomic mass is 10.1. The van der Waals surface area contributed by atoms with Gasteiger partial charge in [0.05, 0.1) is 5.69 Å². The Kier molecular flexibility index (Phi) is 3.65. The Labute approximate surface area is 120 Å². The molecule has 1 aliphatic heterocycles. The highest BCUT2D eigenvalue weighted by atomic mass is 15.3. The molecule has 104 valence electrons. The molecule has 0 unspecified atom stereocenters. The van der Waals surface area contributed by atoms with Gasteiger partial charge in [0.2, 0.25) is 0 Å². The number of rotatable bonds is 2. The number of anilines is 1. The molecule has 0 bridgehead atoms. The fourth-order valence-electron chi connectivity index (χ4n) is 2.56. The first kappa shape index (κ1) is 13.1. The van der Waals surface area contributed by atoms with E-state index in [-0.39, 0.29) is 0 Å². The van der Waals surface area contributed by atoms with Gasteiger partial charge in [0.15, 0.2) is 5.82 Å². The van der Waals surface area contributed by atoms with E-state index in [2.05, 4.69) is 57.4 Å². The Morgan fingerprint density at radius 3 is 2.35 bits per heavy atom. The Morgan fingerprint density at radius 2 is 1.65 bits per heavy atom. The molecular weight excluding hydrogens is 248 g/mol. The minimum atomic E-state index is 0.960. The highest BCUT2D eigenvalue weighted by Gasteiger charge is 2.19. The summed E-state index contributed by atoms with van der Waals surface area (Å²) in [5.74, 6) is 1.01. The molecule has 0 amide bonds. The van der Waals surface area contributed by atoms with Crippen LogP contribution in [-0.2, 0) is 0 Å². The Bertz CT molecular complexity index is 574. The number of hydrogen-bond donors (Lipinski definition) is 0. The van der Waals surface area contributed by atoms with E-state index >= 15 is 0 Å². The average Bonchev–Trinajstić information content (AvgIpc) is 2.49. The molecule has 2 heterocycles. The molecule has 2 aromatic rings. The molecule has 0 radical (unpaired) electrons. The largest absolute Gasteiger partial charge is 0.352 e. The lowest BCUT2D eigenvalue weighted by Crippen LogP contribution is -2.45. The highest BCUT2D eigenvalue weighted by molar-refractivity contribution is 5.75. The van der Waals surface area contributed by atoms with Crippen LogP contribution in [0.2, 0.25) is 0 Å². The van der Waals surface area contributed by atoms with Crippen molar-refractivity contribution < 1.29 is 0 Å². The van der Waals surface area contributed by atoms with E-state index in [9.17, 15) is 0 Å². The number of aryl methyl sites for hydroxylation is 1. The Balaban J connectivity index is 1.99. The minimum Gasteiger partial charge on any atom is -0.352 e. The SMILES string of the molecule is Cc1cc(-c2ccccc2)c(N2CCN(C)CC2)nn1. The van der Waals surface area contributed by atoms with Crippen LogP contribution in [0.25, 0.3) is 11.1 Å². The molecule has 4 heteroatoms. The molecule has 0 aliphatic carbocycles. The topological polar surface area (TPSA) is 32.3 Å². The number of likely N-dealkylation sites (N-methyl/N-ethyl adjacent to an activating group) is 1. The van der Waals surface area contributed by atoms with Crippen LogP contribution in [0.4, 0.5) is 5.82 Å². The van der Waals surface area contributed by atoms with Gasteiger partial charge in [-0.3, -0.25) is 0 Å². The van der Waals surface area contributed by atoms with Crippen molar-refractivity contribution in [1.29, 1.82) is 0 Å². The van der Waals surface area contributed by atoms with Gasteiger partial charge in [-0.2, -0.15) is 5.10 Å². The third kappa shape index (κ3) is 2.65. The van der Waals surface area contributed by atoms with Crippen molar-refractivity contribution in [3.63, 3.8) is 0 Å². The van der Waals surface area contributed by atoms with E-state index in [1.165, 1.54) is 11.1 Å². The summed E-state index contributed by atoms with van der Waals surface area (Å²) >= 11 is 0. The van der Waals surface area contributed by atoms with Crippen LogP contribution in [0.15, 0.2) is 36.4 Å². The molecule has 3 rings (SSSR count). The third-order valence-electron chi connectivity index (χ3n) is 3.78. The van der Waals surface area contributed by atoms with Crippen molar-refractivity contribution in [3.8, 4) is 11.1 Å². The molecule has 0 N–H and O–H groups in total. The van der Waals surface area contributed by atoms with E-state index < -0.39 is 0 Å². The first-order valence-electron chi connectivity index (χ1n) is 7.07. The summed E-state index contributed by atoms with van der Waals surface area (Å²) in [4.78, 5) is 4.69. The lowest BCUT2D eigenvalue weighted by Gasteiger charge is -2.34. The van der Waals surface area contributed by atoms with E-state index in [1.807, 2.05) is 13.0 Å². The van der Waals surface area contributed by atoms with E-state index in [1.54, 1.807) is 0 Å². The summed E-state index contributed by atoms with van der Waals surface area (Å²) in [6.45, 7) is 6.16. The summed E-state index contributed by atoms with van der Waals surface area (Å²) < 4.78 is 0. The maximum Gasteiger partial charge on any atom is 0.159 e. The van der Waals surface area contributed by atoms with Crippen molar-refractivity contribution in [2.24, 2.45) is 0 Å². The van der Waals surface area contributed by atoms with Crippen molar-refractivity contribution >= 4 is 5.82 Å². The summed E-state index contributed by atoms with van der Waals surface area (Å²) in [5, 5.41) is 8.71. The van der Waals surface area contributed by atoms with Crippen LogP contribution in [0, 0.1) is 6.92 Å². The average molecular weight is 268 g/mol. The molecule has 1 fully saturated rings. The molecule has 1 aromatic heterocycles. The van der Waals surface area contributed by atoms with E-state index in [0.29, 0.717) is 0 Å². The van der Waals surface area contributed by atoms with Gasteiger partial charge >= 0.3 is 0 Å². The lowest BCUT2D eigenvalue weighted by molar-refractivity contribution is 0.312. The van der Waals surface area contributed by atoms with Crippen molar-refractivity contribution in [2.75, 3.05) is 38.1 Å². The molecule has 0 spiro atoms. The zero-order valence-electron chi connectivity index (χ0n) is 12.1. The summed E-state index contributed by atoms with van der Waals surface area (Å²) in [5.41, 5.74) is 3.35. The van der Waals surface area contributed by atoms with Crippen LogP contribution < -0.4 is 4.90 Å². The van der Waals surface area contributed by atoms with Crippen LogP contribution in [0.1, 0.15) is 5.69 Å². The van der Waals surface area contributed by atoms with Gasteiger partial charge in [-0.05, 0) is 25.6 Å². The van der Waals surface area contributed by atoms with Gasteiger partial charge in [0.1, 0.15) is 0 Å². The second-order valence-electron chi connectivity index (χ2n) is 5.38. The Hall–Kier alpha value is -1.94. The molecule has 20 heavy (non-hydrogen) atoms. The predicted molar refractivity (Wildman–Crippen MR) is 81.9 cm³/mol. The summed E-state index contributed by atoms with van der Waals surface area (Å²) in [6.07, 6.45) is 0. The van der Waals surface area contributed by atoms with Crippen molar-refractivity contribution in [2.45, 2.75) is 6.92 Å². The Morgan fingerprint density at radius 1 is 0.950 bits per heavy atom. The highest BCUT2D eigenvalue weighted by Crippen LogP contribution is 2.29. The molecule has 4 nitrogen and oxygen atoms in total. The maximum atomic E-state index is 4.46. The normalized spacial score (nSPS) is 16.4. The molecular formula is C16H20N4. The summed E-state index contributed by atoms with van der Waals surface area (Å²) in [6, 6.07) is 12.6. The second-order valence-corrected chi connectivity index (χ2v) is 5.38. The number of piperazine rings is 1. The maximum absolute atomic E-state index is 4.46. The van der Waals surface area contributed by atoms with Gasteiger partial charge < -0.3 is 9.80 Å². The van der Waals surface area contributed by atoms with Crippen LogP contribution in [-0.4, -0.2) is 48.3 Å². The predicted octanol–water partition coefficient (Wildman–Crippen LogP) is 2.20. The first-order valence-corrected chi connectivity index (χ1v) is 7.07. The van der Waals surface area contributed by atoms with Gasteiger partial charge in [-0.25, -0.2) is 0 Å². The van der Waals surface area contributed by atoms with Gasteiger partial charge in [0.25, 0.3) is 0 Å². The van der Waals surface area contributed by atoms with Crippen molar-refractivity contribution in [3.05, 3.63) is 42.1 Å². The minimum absolute atomic E-state index is 0.960. The number of nitrogens with zero attached hydrogens (tertiary/aromatic N) is 4. The monoisotopic (exact) mass is 268 g/mol. The van der Waals surface area contributed by atoms with E-state index in [4.69, 9.17) is 0 Å². The van der Waals surface area contributed by atoms with Crippen LogP contribution >= 0.6 is 0 Å². The smallest absolute Gasteiger partial charge is 0.159 e. The van der Waals surface area contributed by atoms with Crippen LogP contribution in [0.3, 0.4) is 0 Å². The number of benzene rings is 1. The molecule has 1 saturated heterocycles.